The molecule has 0 saturated carbocycles. The molecule has 1 aromatic carbocycles. The molecule has 3 nitrogen and oxygen atoms in total. The molecular weight excluding hydrogens is 197 g/mol. The van der Waals surface area contributed by atoms with Crippen LogP contribution in [0.25, 0.3) is 0 Å². The Labute approximate surface area is 86.4 Å². The molecule has 0 aliphatic carbocycles. The third-order valence-electron chi connectivity index (χ3n) is 2.27. The SMILES string of the molecule is O=C1C=C(O)CN1Cc1ccccc1F. The van der Waals surface area contributed by atoms with Crippen molar-refractivity contribution in [1.29, 1.82) is 0 Å². The first-order chi connectivity index (χ1) is 7.16. The van der Waals surface area contributed by atoms with E-state index in [2.05, 4.69) is 0 Å². The smallest absolute Gasteiger partial charge is 0.250 e. The molecule has 0 spiro atoms. The first kappa shape index (κ1) is 9.71. The zero-order valence-corrected chi connectivity index (χ0v) is 7.98. The molecule has 2 rings (SSSR count). The van der Waals surface area contributed by atoms with Gasteiger partial charge in [-0.25, -0.2) is 4.39 Å². The Morgan fingerprint density at radius 1 is 1.40 bits per heavy atom. The number of nitrogens with zero attached hydrogens (tertiary/aromatic N) is 1. The Hall–Kier alpha value is -1.84. The van der Waals surface area contributed by atoms with E-state index in [9.17, 15) is 9.18 Å². The number of benzene rings is 1. The van der Waals surface area contributed by atoms with Crippen LogP contribution in [-0.4, -0.2) is 22.5 Å². The minimum atomic E-state index is -0.336. The Kier molecular flexibility index (Phi) is 2.41. The normalized spacial score (nSPS) is 15.7. The summed E-state index contributed by atoms with van der Waals surface area (Å²) >= 11 is 0. The Bertz CT molecular complexity index is 428. The van der Waals surface area contributed by atoms with Crippen LogP contribution in [0.5, 0.6) is 0 Å². The van der Waals surface area contributed by atoms with Crippen molar-refractivity contribution in [3.63, 3.8) is 0 Å². The lowest BCUT2D eigenvalue weighted by Gasteiger charge is -2.15. The van der Waals surface area contributed by atoms with Crippen molar-refractivity contribution in [2.75, 3.05) is 6.54 Å². The number of halogens is 1. The van der Waals surface area contributed by atoms with Crippen molar-refractivity contribution in [3.05, 3.63) is 47.5 Å². The van der Waals surface area contributed by atoms with Gasteiger partial charge in [-0.1, -0.05) is 18.2 Å². The molecule has 0 saturated heterocycles. The summed E-state index contributed by atoms with van der Waals surface area (Å²) in [5.41, 5.74) is 0.453. The highest BCUT2D eigenvalue weighted by molar-refractivity contribution is 5.90. The van der Waals surface area contributed by atoms with E-state index >= 15 is 0 Å². The summed E-state index contributed by atoms with van der Waals surface area (Å²) in [5, 5.41) is 9.12. The quantitative estimate of drug-likeness (QED) is 0.800. The number of aliphatic hydroxyl groups is 1. The third-order valence-corrected chi connectivity index (χ3v) is 2.27. The van der Waals surface area contributed by atoms with Crippen LogP contribution in [0.2, 0.25) is 0 Å². The molecule has 78 valence electrons. The molecule has 0 radical (unpaired) electrons. The summed E-state index contributed by atoms with van der Waals surface area (Å²) in [7, 11) is 0. The number of hydrogen-bond acceptors (Lipinski definition) is 2. The van der Waals surface area contributed by atoms with Gasteiger partial charge in [0.15, 0.2) is 0 Å². The van der Waals surface area contributed by atoms with Gasteiger partial charge in [-0.05, 0) is 6.07 Å². The van der Waals surface area contributed by atoms with Crippen LogP contribution >= 0.6 is 0 Å². The largest absolute Gasteiger partial charge is 0.510 e. The molecule has 1 aliphatic rings. The topological polar surface area (TPSA) is 40.5 Å². The van der Waals surface area contributed by atoms with Gasteiger partial charge in [0.1, 0.15) is 11.6 Å². The molecule has 1 aromatic rings. The van der Waals surface area contributed by atoms with E-state index in [1.165, 1.54) is 11.0 Å². The van der Waals surface area contributed by atoms with Gasteiger partial charge in [0.2, 0.25) is 0 Å². The van der Waals surface area contributed by atoms with E-state index in [-0.39, 0.29) is 30.6 Å². The van der Waals surface area contributed by atoms with Crippen LogP contribution in [0.4, 0.5) is 4.39 Å². The maximum atomic E-state index is 13.2. The first-order valence-electron chi connectivity index (χ1n) is 4.58. The summed E-state index contributed by atoms with van der Waals surface area (Å²) in [6.45, 7) is 0.346. The molecule has 15 heavy (non-hydrogen) atoms. The minimum Gasteiger partial charge on any atom is -0.510 e. The maximum absolute atomic E-state index is 13.2. The van der Waals surface area contributed by atoms with Gasteiger partial charge in [-0.3, -0.25) is 4.79 Å². The van der Waals surface area contributed by atoms with Gasteiger partial charge in [0.05, 0.1) is 6.54 Å². The summed E-state index contributed by atoms with van der Waals surface area (Å²) in [6, 6.07) is 6.29. The van der Waals surface area contributed by atoms with Crippen molar-refractivity contribution >= 4 is 5.91 Å². The van der Waals surface area contributed by atoms with E-state index in [0.29, 0.717) is 5.56 Å². The lowest BCUT2D eigenvalue weighted by atomic mass is 10.2. The monoisotopic (exact) mass is 207 g/mol. The number of aliphatic hydroxyl groups excluding tert-OH is 1. The highest BCUT2D eigenvalue weighted by atomic mass is 19.1. The van der Waals surface area contributed by atoms with Crippen LogP contribution in [0.3, 0.4) is 0 Å². The molecular formula is C11H10FNO2. The second-order valence-corrected chi connectivity index (χ2v) is 3.42. The zero-order chi connectivity index (χ0) is 10.8. The van der Waals surface area contributed by atoms with Gasteiger partial charge in [0.25, 0.3) is 5.91 Å². The molecule has 1 amide bonds. The number of carbonyl (C=O) groups is 1. The molecule has 1 heterocycles. The van der Waals surface area contributed by atoms with Crippen LogP contribution in [0.1, 0.15) is 5.56 Å². The van der Waals surface area contributed by atoms with E-state index in [0.717, 1.165) is 6.08 Å². The highest BCUT2D eigenvalue weighted by Crippen LogP contribution is 2.14. The standard InChI is InChI=1S/C11H10FNO2/c12-10-4-2-1-3-8(10)6-13-7-9(14)5-11(13)15/h1-5,14H,6-7H2. The van der Waals surface area contributed by atoms with Gasteiger partial charge >= 0.3 is 0 Å². The Balaban J connectivity index is 2.11. The fourth-order valence-corrected chi connectivity index (χ4v) is 1.52. The van der Waals surface area contributed by atoms with Crippen molar-refractivity contribution in [2.45, 2.75) is 6.54 Å². The first-order valence-corrected chi connectivity index (χ1v) is 4.58. The average molecular weight is 207 g/mol. The van der Waals surface area contributed by atoms with Gasteiger partial charge in [-0.2, -0.15) is 0 Å². The fourth-order valence-electron chi connectivity index (χ4n) is 1.52. The molecule has 1 N–H and O–H groups in total. The number of hydrogen-bond donors (Lipinski definition) is 1. The predicted molar refractivity (Wildman–Crippen MR) is 52.5 cm³/mol. The lowest BCUT2D eigenvalue weighted by Crippen LogP contribution is -2.25. The molecule has 0 aromatic heterocycles. The summed E-state index contributed by atoms with van der Waals surface area (Å²) in [6.07, 6.45) is 1.15. The third kappa shape index (κ3) is 1.98. The van der Waals surface area contributed by atoms with Crippen molar-refractivity contribution in [2.24, 2.45) is 0 Å². The second kappa shape index (κ2) is 3.73. The van der Waals surface area contributed by atoms with Crippen LogP contribution < -0.4 is 0 Å². The zero-order valence-electron chi connectivity index (χ0n) is 7.98. The summed E-state index contributed by atoms with van der Waals surface area (Å²) < 4.78 is 13.2. The Morgan fingerprint density at radius 3 is 2.73 bits per heavy atom. The van der Waals surface area contributed by atoms with Gasteiger partial charge in [-0.15, -0.1) is 0 Å². The van der Waals surface area contributed by atoms with E-state index in [4.69, 9.17) is 5.11 Å². The molecule has 0 bridgehead atoms. The lowest BCUT2D eigenvalue weighted by molar-refractivity contribution is -0.125. The summed E-state index contributed by atoms with van der Waals surface area (Å²) in [4.78, 5) is 12.7. The summed E-state index contributed by atoms with van der Waals surface area (Å²) in [5.74, 6) is -0.594. The number of carbonyl (C=O) groups excluding carboxylic acids is 1. The van der Waals surface area contributed by atoms with E-state index in [1.807, 2.05) is 0 Å². The predicted octanol–water partition coefficient (Wildman–Crippen LogP) is 1.61. The van der Waals surface area contributed by atoms with Crippen molar-refractivity contribution < 1.29 is 14.3 Å². The van der Waals surface area contributed by atoms with Crippen LogP contribution in [0, 0.1) is 5.82 Å². The average Bonchev–Trinajstić information content (AvgIpc) is 2.49. The number of rotatable bonds is 2. The number of amides is 1. The molecule has 0 unspecified atom stereocenters. The van der Waals surface area contributed by atoms with Gasteiger partial charge in [0, 0.05) is 18.2 Å². The van der Waals surface area contributed by atoms with Crippen LogP contribution in [-0.2, 0) is 11.3 Å². The Morgan fingerprint density at radius 2 is 2.13 bits per heavy atom. The van der Waals surface area contributed by atoms with E-state index < -0.39 is 0 Å². The van der Waals surface area contributed by atoms with Crippen molar-refractivity contribution in [1.82, 2.24) is 4.90 Å². The second-order valence-electron chi connectivity index (χ2n) is 3.42. The molecule has 0 atom stereocenters. The molecule has 4 heteroatoms. The fraction of sp³-hybridized carbons (Fsp3) is 0.182. The highest BCUT2D eigenvalue weighted by Gasteiger charge is 2.21. The van der Waals surface area contributed by atoms with Crippen molar-refractivity contribution in [3.8, 4) is 0 Å². The van der Waals surface area contributed by atoms with Crippen LogP contribution in [0.15, 0.2) is 36.1 Å². The van der Waals surface area contributed by atoms with E-state index in [1.54, 1.807) is 18.2 Å². The minimum absolute atomic E-state index is 0.0244. The maximum Gasteiger partial charge on any atom is 0.250 e. The molecule has 0 fully saturated rings. The molecule has 1 aliphatic heterocycles. The van der Waals surface area contributed by atoms with Gasteiger partial charge < -0.3 is 10.0 Å².